The summed E-state index contributed by atoms with van der Waals surface area (Å²) in [5, 5.41) is 61.5. The molecule has 0 spiro atoms. The molecule has 0 fully saturated rings. The van der Waals surface area contributed by atoms with Crippen molar-refractivity contribution in [2.75, 3.05) is 6.61 Å². The molecule has 0 saturated heterocycles. The molecule has 5 atom stereocenters. The number of rotatable bonds is 6. The van der Waals surface area contributed by atoms with E-state index in [-0.39, 0.29) is 0 Å². The van der Waals surface area contributed by atoms with Gasteiger partial charge in [-0.2, -0.15) is 0 Å². The van der Waals surface area contributed by atoms with Crippen molar-refractivity contribution in [1.29, 1.82) is 0 Å². The van der Waals surface area contributed by atoms with E-state index in [0.29, 0.717) is 0 Å². The van der Waals surface area contributed by atoms with Crippen LogP contribution < -0.4 is 0 Å². The number of carboxylic acids is 1. The summed E-state index contributed by atoms with van der Waals surface area (Å²) in [6.45, 7) is -0.881. The Morgan fingerprint density at radius 2 is 1.40 bits per heavy atom. The van der Waals surface area contributed by atoms with Crippen molar-refractivity contribution in [3.05, 3.63) is 0 Å². The summed E-state index contributed by atoms with van der Waals surface area (Å²) >= 11 is 0. The molecule has 0 saturated carbocycles. The number of aliphatic carboxylic acids is 1. The summed E-state index contributed by atoms with van der Waals surface area (Å²) in [4.78, 5) is 10.2. The molecule has 0 bridgehead atoms. The number of aliphatic hydroxyl groups is 6. The molecule has 0 aliphatic carbocycles. The van der Waals surface area contributed by atoms with Gasteiger partial charge in [0.25, 0.3) is 0 Å². The van der Waals surface area contributed by atoms with E-state index in [1.165, 1.54) is 0 Å². The molecule has 0 amide bonds. The lowest BCUT2D eigenvalue weighted by molar-refractivity contribution is -0.169. The van der Waals surface area contributed by atoms with Gasteiger partial charge in [0.1, 0.15) is 24.4 Å². The van der Waals surface area contributed by atoms with Crippen molar-refractivity contribution in [2.45, 2.75) is 30.5 Å². The highest BCUT2D eigenvalue weighted by Crippen LogP contribution is 2.08. The van der Waals surface area contributed by atoms with E-state index in [2.05, 4.69) is 0 Å². The average Bonchev–Trinajstić information content (AvgIpc) is 2.23. The second-order valence-electron chi connectivity index (χ2n) is 3.00. The number of carbonyl (C=O) groups is 1. The molecule has 0 aliphatic heterocycles. The van der Waals surface area contributed by atoms with Crippen LogP contribution in [0.4, 0.5) is 0 Å². The maximum absolute atomic E-state index is 10.2. The minimum Gasteiger partial charge on any atom is -0.479 e. The zero-order chi connectivity index (χ0) is 12.2. The maximum Gasteiger partial charge on any atom is 0.335 e. The molecule has 0 aliphatic rings. The molecule has 0 radical (unpaired) electrons. The summed E-state index contributed by atoms with van der Waals surface area (Å²) in [6, 6.07) is 0. The number of hydrogen-bond donors (Lipinski definition) is 7. The van der Waals surface area contributed by atoms with Crippen LogP contribution in [-0.2, 0) is 4.79 Å². The van der Waals surface area contributed by atoms with Crippen molar-refractivity contribution >= 4 is 5.97 Å². The van der Waals surface area contributed by atoms with Gasteiger partial charge < -0.3 is 35.7 Å². The van der Waals surface area contributed by atoms with Crippen LogP contribution in [0.5, 0.6) is 0 Å². The van der Waals surface area contributed by atoms with Crippen molar-refractivity contribution in [3.63, 3.8) is 0 Å². The van der Waals surface area contributed by atoms with E-state index in [4.69, 9.17) is 35.7 Å². The predicted octanol–water partition coefficient (Wildman–Crippen LogP) is -4.13. The monoisotopic (exact) mass is 226 g/mol. The van der Waals surface area contributed by atoms with E-state index in [1.807, 2.05) is 0 Å². The fraction of sp³-hybridized carbons (Fsp3) is 0.857. The Balaban J connectivity index is 4.42. The molecule has 90 valence electrons. The summed E-state index contributed by atoms with van der Waals surface area (Å²) in [5.74, 6) is -1.78. The van der Waals surface area contributed by atoms with Gasteiger partial charge in [-0.25, -0.2) is 4.79 Å². The van der Waals surface area contributed by atoms with Crippen molar-refractivity contribution in [3.8, 4) is 0 Å². The second-order valence-corrected chi connectivity index (χ2v) is 3.00. The molecule has 8 nitrogen and oxygen atoms in total. The van der Waals surface area contributed by atoms with Crippen LogP contribution in [0.25, 0.3) is 0 Å². The highest BCUT2D eigenvalue weighted by molar-refractivity contribution is 5.72. The van der Waals surface area contributed by atoms with Gasteiger partial charge in [0.05, 0.1) is 6.61 Å². The molecular weight excluding hydrogens is 212 g/mol. The minimum absolute atomic E-state index is 0.881. The van der Waals surface area contributed by atoms with Gasteiger partial charge in [-0.1, -0.05) is 0 Å². The molecule has 0 aromatic heterocycles. The third kappa shape index (κ3) is 3.70. The van der Waals surface area contributed by atoms with Crippen LogP contribution in [0.15, 0.2) is 0 Å². The Labute approximate surface area is 84.7 Å². The van der Waals surface area contributed by atoms with E-state index >= 15 is 0 Å². The lowest BCUT2D eigenvalue weighted by Crippen LogP contribution is -2.51. The predicted molar refractivity (Wildman–Crippen MR) is 44.8 cm³/mol. The van der Waals surface area contributed by atoms with Gasteiger partial charge in [-0.05, 0) is 0 Å². The molecule has 0 aromatic carbocycles. The molecule has 0 rings (SSSR count). The van der Waals surface area contributed by atoms with E-state index in [1.54, 1.807) is 0 Å². The SMILES string of the molecule is O=C(O)[C@@H](O)[C@H](O)[C@H](O)[C@@H](O)[C@H](O)CO. The fourth-order valence-corrected chi connectivity index (χ4v) is 0.870. The normalized spacial score (nSPS) is 21.5. The van der Waals surface area contributed by atoms with Crippen molar-refractivity contribution in [1.82, 2.24) is 0 Å². The first-order valence-corrected chi connectivity index (χ1v) is 4.07. The molecule has 0 unspecified atom stereocenters. The van der Waals surface area contributed by atoms with Crippen LogP contribution in [-0.4, -0.2) is 78.8 Å². The smallest absolute Gasteiger partial charge is 0.335 e. The van der Waals surface area contributed by atoms with Gasteiger partial charge >= 0.3 is 5.97 Å². The van der Waals surface area contributed by atoms with Gasteiger partial charge in [0.15, 0.2) is 6.10 Å². The lowest BCUT2D eigenvalue weighted by atomic mass is 9.99. The summed E-state index contributed by atoms with van der Waals surface area (Å²) in [6.07, 6.45) is -10.2. The van der Waals surface area contributed by atoms with Gasteiger partial charge in [-0.15, -0.1) is 0 Å². The molecule has 15 heavy (non-hydrogen) atoms. The topological polar surface area (TPSA) is 159 Å². The fourth-order valence-electron chi connectivity index (χ4n) is 0.870. The maximum atomic E-state index is 10.2. The summed E-state index contributed by atoms with van der Waals surface area (Å²) in [5.41, 5.74) is 0. The first-order valence-electron chi connectivity index (χ1n) is 4.07. The summed E-state index contributed by atoms with van der Waals surface area (Å²) < 4.78 is 0. The highest BCUT2D eigenvalue weighted by Gasteiger charge is 2.36. The third-order valence-corrected chi connectivity index (χ3v) is 1.86. The van der Waals surface area contributed by atoms with E-state index in [0.717, 1.165) is 0 Å². The van der Waals surface area contributed by atoms with Gasteiger partial charge in [0.2, 0.25) is 0 Å². The Bertz CT molecular complexity index is 207. The highest BCUT2D eigenvalue weighted by atomic mass is 16.4. The molecule has 0 aromatic rings. The summed E-state index contributed by atoms with van der Waals surface area (Å²) in [7, 11) is 0. The Hall–Kier alpha value is -0.770. The van der Waals surface area contributed by atoms with Crippen LogP contribution >= 0.6 is 0 Å². The van der Waals surface area contributed by atoms with Crippen LogP contribution in [0.3, 0.4) is 0 Å². The van der Waals surface area contributed by atoms with Gasteiger partial charge in [-0.3, -0.25) is 0 Å². The lowest BCUT2D eigenvalue weighted by Gasteiger charge is -2.26. The first kappa shape index (κ1) is 14.2. The van der Waals surface area contributed by atoms with Crippen LogP contribution in [0.1, 0.15) is 0 Å². The minimum atomic E-state index is -2.29. The van der Waals surface area contributed by atoms with E-state index in [9.17, 15) is 4.79 Å². The molecule has 0 heterocycles. The Kier molecular flexibility index (Phi) is 5.65. The first-order chi connectivity index (χ1) is 6.82. The Morgan fingerprint density at radius 3 is 1.73 bits per heavy atom. The largest absolute Gasteiger partial charge is 0.479 e. The number of aliphatic hydroxyl groups excluding tert-OH is 6. The molecule has 7 N–H and O–H groups in total. The quantitative estimate of drug-likeness (QED) is 0.240. The van der Waals surface area contributed by atoms with Crippen LogP contribution in [0.2, 0.25) is 0 Å². The Morgan fingerprint density at radius 1 is 0.933 bits per heavy atom. The molecule has 8 heteroatoms. The van der Waals surface area contributed by atoms with Gasteiger partial charge in [0, 0.05) is 0 Å². The zero-order valence-corrected chi connectivity index (χ0v) is 7.63. The standard InChI is InChI=1S/C7H14O8/c8-1-2(9)3(10)4(11)5(12)6(13)7(14)15/h2-6,8-13H,1H2,(H,14,15)/t2-,3+,4-,5-,6+/m1/s1. The van der Waals surface area contributed by atoms with Crippen molar-refractivity contribution < 1.29 is 40.5 Å². The zero-order valence-electron chi connectivity index (χ0n) is 7.63. The van der Waals surface area contributed by atoms with Crippen LogP contribution in [0, 0.1) is 0 Å². The number of carboxylic acid groups (broad SMARTS) is 1. The van der Waals surface area contributed by atoms with E-state index < -0.39 is 43.1 Å². The third-order valence-electron chi connectivity index (χ3n) is 1.86. The average molecular weight is 226 g/mol. The second kappa shape index (κ2) is 5.95. The van der Waals surface area contributed by atoms with Crippen molar-refractivity contribution in [2.24, 2.45) is 0 Å². The number of hydrogen-bond acceptors (Lipinski definition) is 7. The molecular formula is C7H14O8.